The summed E-state index contributed by atoms with van der Waals surface area (Å²) in [5.41, 5.74) is 1.91. The molecule has 5 nitrogen and oxygen atoms in total. The first kappa shape index (κ1) is 10.3. The van der Waals surface area contributed by atoms with Crippen molar-refractivity contribution in [3.63, 3.8) is 0 Å². The van der Waals surface area contributed by atoms with E-state index in [0.717, 1.165) is 27.7 Å². The molecule has 0 atom stereocenters. The molecule has 0 radical (unpaired) electrons. The van der Waals surface area contributed by atoms with Gasteiger partial charge in [0.15, 0.2) is 12.2 Å². The van der Waals surface area contributed by atoms with Crippen LogP contribution in [0, 0.1) is 0 Å². The van der Waals surface area contributed by atoms with E-state index >= 15 is 0 Å². The van der Waals surface area contributed by atoms with E-state index in [2.05, 4.69) is 15.3 Å². The summed E-state index contributed by atoms with van der Waals surface area (Å²) >= 11 is 0. The normalized spacial score (nSPS) is 13.6. The van der Waals surface area contributed by atoms with Gasteiger partial charge in [0.25, 0.3) is 0 Å². The standard InChI is InChI=1S/C14H9N3O2/c18-13-4-11-10-2-1-8(12-6-15-7-19-12)3-9(10)5-16-14(11)17-13/h1-3,5-7H,4H2,(H,16,17,18). The van der Waals surface area contributed by atoms with Crippen molar-refractivity contribution in [2.75, 3.05) is 5.32 Å². The molecule has 0 bridgehead atoms. The number of carbonyl (C=O) groups excluding carboxylic acids is 1. The molecule has 1 aliphatic rings. The van der Waals surface area contributed by atoms with Gasteiger partial charge in [-0.1, -0.05) is 12.1 Å². The summed E-state index contributed by atoms with van der Waals surface area (Å²) in [6.07, 6.45) is 5.23. The quantitative estimate of drug-likeness (QED) is 0.721. The Labute approximate surface area is 108 Å². The van der Waals surface area contributed by atoms with E-state index < -0.39 is 0 Å². The summed E-state index contributed by atoms with van der Waals surface area (Å²) in [5.74, 6) is 1.39. The predicted molar refractivity (Wildman–Crippen MR) is 69.6 cm³/mol. The van der Waals surface area contributed by atoms with E-state index in [1.165, 1.54) is 6.39 Å². The zero-order valence-corrected chi connectivity index (χ0v) is 9.88. The van der Waals surface area contributed by atoms with E-state index in [4.69, 9.17) is 4.42 Å². The molecular weight excluding hydrogens is 242 g/mol. The van der Waals surface area contributed by atoms with Crippen molar-refractivity contribution < 1.29 is 9.21 Å². The molecule has 3 aromatic rings. The Bertz CT molecular complexity index is 794. The van der Waals surface area contributed by atoms with Gasteiger partial charge < -0.3 is 9.73 Å². The highest BCUT2D eigenvalue weighted by atomic mass is 16.3. The van der Waals surface area contributed by atoms with Crippen LogP contribution in [-0.4, -0.2) is 15.9 Å². The number of amides is 1. The van der Waals surface area contributed by atoms with Crippen molar-refractivity contribution >= 4 is 22.5 Å². The molecule has 2 aromatic heterocycles. The molecular formula is C14H9N3O2. The molecule has 0 fully saturated rings. The molecule has 1 aromatic carbocycles. The minimum Gasteiger partial charge on any atom is -0.444 e. The van der Waals surface area contributed by atoms with Gasteiger partial charge in [0.05, 0.1) is 12.6 Å². The average molecular weight is 251 g/mol. The van der Waals surface area contributed by atoms with E-state index in [-0.39, 0.29) is 5.91 Å². The lowest BCUT2D eigenvalue weighted by Gasteiger charge is -2.04. The third-order valence-electron chi connectivity index (χ3n) is 3.31. The van der Waals surface area contributed by atoms with Gasteiger partial charge in [-0.05, 0) is 11.5 Å². The maximum atomic E-state index is 11.4. The van der Waals surface area contributed by atoms with Gasteiger partial charge in [0.1, 0.15) is 5.82 Å². The summed E-state index contributed by atoms with van der Waals surface area (Å²) in [5, 5.41) is 4.79. The lowest BCUT2D eigenvalue weighted by atomic mass is 10.0. The van der Waals surface area contributed by atoms with Gasteiger partial charge in [0, 0.05) is 22.7 Å². The van der Waals surface area contributed by atoms with Crippen LogP contribution in [0.2, 0.25) is 0 Å². The molecule has 1 amide bonds. The average Bonchev–Trinajstić information content (AvgIpc) is 3.05. The van der Waals surface area contributed by atoms with Crippen LogP contribution >= 0.6 is 0 Å². The molecule has 0 spiro atoms. The van der Waals surface area contributed by atoms with E-state index in [0.29, 0.717) is 12.2 Å². The highest BCUT2D eigenvalue weighted by molar-refractivity contribution is 6.04. The third-order valence-corrected chi connectivity index (χ3v) is 3.31. The van der Waals surface area contributed by atoms with Gasteiger partial charge in [-0.3, -0.25) is 4.79 Å². The highest BCUT2D eigenvalue weighted by Gasteiger charge is 2.21. The molecule has 0 saturated carbocycles. The van der Waals surface area contributed by atoms with Crippen LogP contribution in [0.15, 0.2) is 41.4 Å². The monoisotopic (exact) mass is 251 g/mol. The molecule has 0 unspecified atom stereocenters. The number of oxazole rings is 1. The van der Waals surface area contributed by atoms with Crippen molar-refractivity contribution in [3.8, 4) is 11.3 Å². The van der Waals surface area contributed by atoms with Crippen LogP contribution < -0.4 is 5.32 Å². The fourth-order valence-corrected chi connectivity index (χ4v) is 2.42. The number of aromatic nitrogens is 2. The number of carbonyl (C=O) groups is 1. The maximum Gasteiger partial charge on any atom is 0.230 e. The third kappa shape index (κ3) is 1.52. The molecule has 92 valence electrons. The fraction of sp³-hybridized carbons (Fsp3) is 0.0714. The Balaban J connectivity index is 1.93. The van der Waals surface area contributed by atoms with Crippen LogP contribution in [0.1, 0.15) is 5.56 Å². The second-order valence-electron chi connectivity index (χ2n) is 4.48. The molecule has 1 N–H and O–H groups in total. The first-order valence-electron chi connectivity index (χ1n) is 5.91. The van der Waals surface area contributed by atoms with Gasteiger partial charge in [0.2, 0.25) is 5.91 Å². The predicted octanol–water partition coefficient (Wildman–Crippen LogP) is 2.38. The van der Waals surface area contributed by atoms with Gasteiger partial charge in [-0.15, -0.1) is 0 Å². The zero-order valence-electron chi connectivity index (χ0n) is 9.88. The minimum absolute atomic E-state index is 0.00527. The molecule has 19 heavy (non-hydrogen) atoms. The minimum atomic E-state index is -0.00527. The summed E-state index contributed by atoms with van der Waals surface area (Å²) in [6.45, 7) is 0. The number of pyridine rings is 1. The smallest absolute Gasteiger partial charge is 0.230 e. The number of rotatable bonds is 1. The van der Waals surface area contributed by atoms with Crippen LogP contribution in [0.25, 0.3) is 22.1 Å². The first-order valence-corrected chi connectivity index (χ1v) is 5.91. The fourth-order valence-electron chi connectivity index (χ4n) is 2.42. The van der Waals surface area contributed by atoms with E-state index in [1.807, 2.05) is 18.2 Å². The largest absolute Gasteiger partial charge is 0.444 e. The Hall–Kier alpha value is -2.69. The number of hydrogen-bond acceptors (Lipinski definition) is 4. The van der Waals surface area contributed by atoms with Gasteiger partial charge in [-0.25, -0.2) is 9.97 Å². The van der Waals surface area contributed by atoms with Crippen LogP contribution in [0.5, 0.6) is 0 Å². The summed E-state index contributed by atoms with van der Waals surface area (Å²) in [4.78, 5) is 19.6. The van der Waals surface area contributed by atoms with E-state index in [1.54, 1.807) is 12.4 Å². The Morgan fingerprint density at radius 2 is 2.21 bits per heavy atom. The zero-order chi connectivity index (χ0) is 12.8. The lowest BCUT2D eigenvalue weighted by molar-refractivity contribution is -0.115. The van der Waals surface area contributed by atoms with Crippen molar-refractivity contribution in [2.45, 2.75) is 6.42 Å². The SMILES string of the molecule is O=C1Cc2c(ncc3cc(-c4cnco4)ccc23)N1. The molecule has 0 aliphatic carbocycles. The topological polar surface area (TPSA) is 68.0 Å². The van der Waals surface area contributed by atoms with Crippen LogP contribution in [0.4, 0.5) is 5.82 Å². The van der Waals surface area contributed by atoms with Crippen molar-refractivity contribution in [3.05, 3.63) is 42.5 Å². The molecule has 4 rings (SSSR count). The van der Waals surface area contributed by atoms with Crippen molar-refractivity contribution in [2.24, 2.45) is 0 Å². The van der Waals surface area contributed by atoms with Crippen LogP contribution in [-0.2, 0) is 11.2 Å². The summed E-state index contributed by atoms with van der Waals surface area (Å²) in [6, 6.07) is 5.95. The summed E-state index contributed by atoms with van der Waals surface area (Å²) < 4.78 is 5.28. The highest BCUT2D eigenvalue weighted by Crippen LogP contribution is 2.31. The van der Waals surface area contributed by atoms with Gasteiger partial charge in [-0.2, -0.15) is 0 Å². The van der Waals surface area contributed by atoms with Gasteiger partial charge >= 0.3 is 0 Å². The lowest BCUT2D eigenvalue weighted by Crippen LogP contribution is -2.04. The Morgan fingerprint density at radius 3 is 3.05 bits per heavy atom. The second-order valence-corrected chi connectivity index (χ2v) is 4.48. The first-order chi connectivity index (χ1) is 9.31. The Kier molecular flexibility index (Phi) is 1.97. The number of nitrogens with zero attached hydrogens (tertiary/aromatic N) is 2. The number of fused-ring (bicyclic) bond motifs is 3. The molecule has 3 heterocycles. The number of nitrogens with one attached hydrogen (secondary N) is 1. The number of hydrogen-bond donors (Lipinski definition) is 1. The van der Waals surface area contributed by atoms with E-state index in [9.17, 15) is 4.79 Å². The molecule has 1 aliphatic heterocycles. The summed E-state index contributed by atoms with van der Waals surface area (Å²) in [7, 11) is 0. The number of benzene rings is 1. The van der Waals surface area contributed by atoms with Crippen LogP contribution in [0.3, 0.4) is 0 Å². The number of anilines is 1. The van der Waals surface area contributed by atoms with Crippen molar-refractivity contribution in [1.29, 1.82) is 0 Å². The van der Waals surface area contributed by atoms with Crippen molar-refractivity contribution in [1.82, 2.24) is 9.97 Å². The second kappa shape index (κ2) is 3.65. The Morgan fingerprint density at radius 1 is 1.26 bits per heavy atom. The molecule has 5 heteroatoms. The molecule has 0 saturated heterocycles. The maximum absolute atomic E-state index is 11.4.